The average molecular weight is 391 g/mol. The summed E-state index contributed by atoms with van der Waals surface area (Å²) in [5.41, 5.74) is 4.23. The molecule has 2 rings (SSSR count). The van der Waals surface area contributed by atoms with Gasteiger partial charge in [0, 0.05) is 5.56 Å². The number of nitrogens with one attached hydrogen (secondary N) is 1. The SMILES string of the molecule is CS(=O)(=O)ON(C(=N)N)C(=O)c1ccc(-c2cccc(C(F)(F)F)c2)o1. The van der Waals surface area contributed by atoms with Gasteiger partial charge in [-0.05, 0) is 24.3 Å². The number of nitrogens with zero attached hydrogens (tertiary/aromatic N) is 1. The number of hydrogen-bond donors (Lipinski definition) is 2. The third-order valence-electron chi connectivity index (χ3n) is 2.90. The van der Waals surface area contributed by atoms with Crippen molar-refractivity contribution in [1.82, 2.24) is 5.06 Å². The lowest BCUT2D eigenvalue weighted by Gasteiger charge is -2.16. The molecular formula is C14H12F3N3O5S. The maximum Gasteiger partial charge on any atom is 0.416 e. The molecule has 1 heterocycles. The van der Waals surface area contributed by atoms with Gasteiger partial charge in [-0.2, -0.15) is 21.6 Å². The maximum absolute atomic E-state index is 12.8. The number of carbonyl (C=O) groups excluding carboxylic acids is 1. The largest absolute Gasteiger partial charge is 0.451 e. The summed E-state index contributed by atoms with van der Waals surface area (Å²) in [4.78, 5) is 12.2. The highest BCUT2D eigenvalue weighted by atomic mass is 32.2. The molecule has 0 atom stereocenters. The van der Waals surface area contributed by atoms with E-state index in [1.807, 2.05) is 0 Å². The van der Waals surface area contributed by atoms with Gasteiger partial charge >= 0.3 is 12.1 Å². The molecule has 0 aliphatic heterocycles. The number of hydroxylamine groups is 2. The van der Waals surface area contributed by atoms with E-state index < -0.39 is 39.5 Å². The van der Waals surface area contributed by atoms with E-state index in [0.717, 1.165) is 24.3 Å². The lowest BCUT2D eigenvalue weighted by Crippen LogP contribution is -2.42. The number of alkyl halides is 3. The standard InChI is InChI=1S/C14H12F3N3O5S/c1-26(22,23)25-20(13(18)19)12(21)11-6-5-10(24-11)8-3-2-4-9(7-8)14(15,16)17/h2-7H,1H3,(H3,18,19). The summed E-state index contributed by atoms with van der Waals surface area (Å²) in [6, 6.07) is 6.48. The number of amides is 1. The number of carbonyl (C=O) groups is 1. The van der Waals surface area contributed by atoms with Gasteiger partial charge in [-0.15, -0.1) is 9.35 Å². The first kappa shape index (κ1) is 19.5. The Morgan fingerprint density at radius 3 is 2.46 bits per heavy atom. The van der Waals surface area contributed by atoms with E-state index in [0.29, 0.717) is 6.26 Å². The molecule has 1 aromatic heterocycles. The van der Waals surface area contributed by atoms with Gasteiger partial charge in [0.15, 0.2) is 5.76 Å². The first-order valence-corrected chi connectivity index (χ1v) is 8.55. The fourth-order valence-corrected chi connectivity index (χ4v) is 2.29. The summed E-state index contributed by atoms with van der Waals surface area (Å²) in [6.07, 6.45) is -3.93. The van der Waals surface area contributed by atoms with Crippen LogP contribution in [0, 0.1) is 5.41 Å². The molecule has 0 fully saturated rings. The minimum absolute atomic E-state index is 0.0237. The Hall–Kier alpha value is -2.86. The molecule has 1 aromatic carbocycles. The molecule has 0 radical (unpaired) electrons. The van der Waals surface area contributed by atoms with Crippen molar-refractivity contribution in [3.05, 3.63) is 47.7 Å². The number of hydrogen-bond acceptors (Lipinski definition) is 6. The van der Waals surface area contributed by atoms with Crippen molar-refractivity contribution in [3.63, 3.8) is 0 Å². The molecule has 0 unspecified atom stereocenters. The van der Waals surface area contributed by atoms with Crippen LogP contribution < -0.4 is 5.73 Å². The van der Waals surface area contributed by atoms with Crippen molar-refractivity contribution in [2.24, 2.45) is 5.73 Å². The highest BCUT2D eigenvalue weighted by molar-refractivity contribution is 7.85. The smallest absolute Gasteiger partial charge is 0.416 e. The minimum Gasteiger partial charge on any atom is -0.451 e. The quantitative estimate of drug-likeness (QED) is 0.467. The Bertz CT molecular complexity index is 953. The zero-order valence-electron chi connectivity index (χ0n) is 13.1. The molecule has 0 aliphatic rings. The maximum atomic E-state index is 12.8. The summed E-state index contributed by atoms with van der Waals surface area (Å²) in [6.45, 7) is 0. The van der Waals surface area contributed by atoms with Crippen LogP contribution in [0.1, 0.15) is 16.1 Å². The van der Waals surface area contributed by atoms with Gasteiger partial charge in [0.1, 0.15) is 5.76 Å². The second-order valence-corrected chi connectivity index (χ2v) is 6.56. The molecule has 0 aliphatic carbocycles. The van der Waals surface area contributed by atoms with E-state index in [1.165, 1.54) is 12.1 Å². The molecule has 0 bridgehead atoms. The number of rotatable bonds is 4. The zero-order chi connectivity index (χ0) is 19.7. The first-order valence-electron chi connectivity index (χ1n) is 6.74. The molecule has 1 amide bonds. The monoisotopic (exact) mass is 391 g/mol. The summed E-state index contributed by atoms with van der Waals surface area (Å²) in [5.74, 6) is -2.82. The molecule has 8 nitrogen and oxygen atoms in total. The van der Waals surface area contributed by atoms with Crippen molar-refractivity contribution in [2.75, 3.05) is 6.26 Å². The van der Waals surface area contributed by atoms with Crippen molar-refractivity contribution >= 4 is 22.0 Å². The van der Waals surface area contributed by atoms with E-state index in [4.69, 9.17) is 15.6 Å². The topological polar surface area (TPSA) is 127 Å². The van der Waals surface area contributed by atoms with Gasteiger partial charge in [0.2, 0.25) is 5.96 Å². The van der Waals surface area contributed by atoms with Gasteiger partial charge in [0.05, 0.1) is 11.8 Å². The molecule has 0 saturated carbocycles. The van der Waals surface area contributed by atoms with Crippen molar-refractivity contribution in [1.29, 1.82) is 5.41 Å². The zero-order valence-corrected chi connectivity index (χ0v) is 13.9. The third-order valence-corrected chi connectivity index (χ3v) is 3.32. The number of nitrogens with two attached hydrogens (primary N) is 1. The molecule has 3 N–H and O–H groups in total. The van der Waals surface area contributed by atoms with Crippen LogP contribution in [0.25, 0.3) is 11.3 Å². The third kappa shape index (κ3) is 4.61. The highest BCUT2D eigenvalue weighted by Crippen LogP contribution is 2.32. The van der Waals surface area contributed by atoms with E-state index in [1.54, 1.807) is 0 Å². The molecule has 2 aromatic rings. The Balaban J connectivity index is 2.34. The fourth-order valence-electron chi connectivity index (χ4n) is 1.88. The Morgan fingerprint density at radius 2 is 1.92 bits per heavy atom. The van der Waals surface area contributed by atoms with Crippen LogP contribution in [0.3, 0.4) is 0 Å². The molecule has 26 heavy (non-hydrogen) atoms. The van der Waals surface area contributed by atoms with E-state index in [-0.39, 0.29) is 16.4 Å². The van der Waals surface area contributed by atoms with Crippen LogP contribution in [0.4, 0.5) is 13.2 Å². The predicted octanol–water partition coefficient (Wildman–Crippen LogP) is 2.19. The Labute approximate surface area is 145 Å². The van der Waals surface area contributed by atoms with Gasteiger partial charge in [-0.25, -0.2) is 0 Å². The number of guanidine groups is 1. The number of benzene rings is 1. The Morgan fingerprint density at radius 1 is 1.27 bits per heavy atom. The normalized spacial score (nSPS) is 12.0. The molecular weight excluding hydrogens is 379 g/mol. The number of halogens is 3. The molecule has 0 saturated heterocycles. The van der Waals surface area contributed by atoms with Crippen molar-refractivity contribution in [2.45, 2.75) is 6.18 Å². The summed E-state index contributed by atoms with van der Waals surface area (Å²) >= 11 is 0. The predicted molar refractivity (Wildman–Crippen MR) is 83.2 cm³/mol. The summed E-state index contributed by atoms with van der Waals surface area (Å²) < 4.78 is 70.0. The second-order valence-electron chi connectivity index (χ2n) is 5.01. The summed E-state index contributed by atoms with van der Waals surface area (Å²) in [5, 5.41) is 7.18. The fraction of sp³-hybridized carbons (Fsp3) is 0.143. The van der Waals surface area contributed by atoms with Crippen LogP contribution >= 0.6 is 0 Å². The lowest BCUT2D eigenvalue weighted by atomic mass is 10.1. The van der Waals surface area contributed by atoms with Crippen LogP contribution in [-0.4, -0.2) is 31.6 Å². The Kier molecular flexibility index (Phi) is 5.09. The molecule has 140 valence electrons. The van der Waals surface area contributed by atoms with Crippen LogP contribution in [0.5, 0.6) is 0 Å². The second kappa shape index (κ2) is 6.80. The van der Waals surface area contributed by atoms with Gasteiger partial charge < -0.3 is 10.2 Å². The van der Waals surface area contributed by atoms with Crippen molar-refractivity contribution in [3.8, 4) is 11.3 Å². The minimum atomic E-state index is -4.56. The van der Waals surface area contributed by atoms with Crippen LogP contribution in [-0.2, 0) is 20.6 Å². The van der Waals surface area contributed by atoms with Gasteiger partial charge in [-0.3, -0.25) is 10.2 Å². The lowest BCUT2D eigenvalue weighted by molar-refractivity contribution is -0.137. The van der Waals surface area contributed by atoms with Crippen LogP contribution in [0.2, 0.25) is 0 Å². The van der Waals surface area contributed by atoms with Gasteiger partial charge in [-0.1, -0.05) is 12.1 Å². The first-order chi connectivity index (χ1) is 11.9. The van der Waals surface area contributed by atoms with Crippen molar-refractivity contribution < 1.29 is 35.1 Å². The van der Waals surface area contributed by atoms with Crippen LogP contribution in [0.15, 0.2) is 40.8 Å². The van der Waals surface area contributed by atoms with E-state index in [2.05, 4.69) is 4.28 Å². The van der Waals surface area contributed by atoms with E-state index >= 15 is 0 Å². The summed E-state index contributed by atoms with van der Waals surface area (Å²) in [7, 11) is -4.17. The molecule has 0 spiro atoms. The highest BCUT2D eigenvalue weighted by Gasteiger charge is 2.31. The van der Waals surface area contributed by atoms with E-state index in [9.17, 15) is 26.4 Å². The average Bonchev–Trinajstić information content (AvgIpc) is 3.00. The van der Waals surface area contributed by atoms with Gasteiger partial charge in [0.25, 0.3) is 10.1 Å². The number of furan rings is 1. The molecule has 12 heteroatoms.